The third-order valence-corrected chi connectivity index (χ3v) is 4.17. The van der Waals surface area contributed by atoms with Crippen LogP contribution in [0, 0.1) is 5.82 Å². The molecule has 1 aliphatic rings. The molecule has 0 aliphatic carbocycles. The third-order valence-electron chi connectivity index (χ3n) is 3.80. The van der Waals surface area contributed by atoms with Crippen LogP contribution in [0.5, 0.6) is 0 Å². The fraction of sp³-hybridized carbons (Fsp3) is 0.571. The highest BCUT2D eigenvalue weighted by Crippen LogP contribution is 2.19. The molecular formula is C14H20ClFN2. The highest BCUT2D eigenvalue weighted by molar-refractivity contribution is 6.31. The number of hydrogen-bond acceptors (Lipinski definition) is 2. The van der Waals surface area contributed by atoms with E-state index < -0.39 is 0 Å². The van der Waals surface area contributed by atoms with E-state index in [4.69, 9.17) is 11.6 Å². The van der Waals surface area contributed by atoms with Crippen molar-refractivity contribution in [1.29, 1.82) is 0 Å². The Morgan fingerprint density at radius 1 is 1.50 bits per heavy atom. The predicted molar refractivity (Wildman–Crippen MR) is 73.4 cm³/mol. The minimum absolute atomic E-state index is 0.229. The van der Waals surface area contributed by atoms with Crippen molar-refractivity contribution in [2.45, 2.75) is 38.4 Å². The summed E-state index contributed by atoms with van der Waals surface area (Å²) in [7, 11) is 2.16. The molecule has 1 aromatic carbocycles. The molecule has 1 aromatic rings. The summed E-state index contributed by atoms with van der Waals surface area (Å²) in [5.41, 5.74) is 0.836. The Balaban J connectivity index is 1.90. The lowest BCUT2D eigenvalue weighted by molar-refractivity contribution is 0.168. The molecule has 2 rings (SSSR count). The van der Waals surface area contributed by atoms with Crippen LogP contribution in [0.4, 0.5) is 4.39 Å². The second-order valence-corrected chi connectivity index (χ2v) is 5.57. The van der Waals surface area contributed by atoms with Gasteiger partial charge in [-0.2, -0.15) is 0 Å². The first-order valence-corrected chi connectivity index (χ1v) is 6.81. The molecule has 1 saturated heterocycles. The van der Waals surface area contributed by atoms with Gasteiger partial charge in [0.2, 0.25) is 0 Å². The van der Waals surface area contributed by atoms with E-state index >= 15 is 0 Å². The third kappa shape index (κ3) is 3.44. The van der Waals surface area contributed by atoms with Crippen molar-refractivity contribution in [3.8, 4) is 0 Å². The largest absolute Gasteiger partial charge is 0.310 e. The summed E-state index contributed by atoms with van der Waals surface area (Å²) in [6, 6.07) is 5.61. The van der Waals surface area contributed by atoms with Crippen LogP contribution in [0.3, 0.4) is 0 Å². The van der Waals surface area contributed by atoms with Gasteiger partial charge in [-0.25, -0.2) is 4.39 Å². The summed E-state index contributed by atoms with van der Waals surface area (Å²) in [6.07, 6.45) is 2.26. The molecule has 0 bridgehead atoms. The van der Waals surface area contributed by atoms with Crippen molar-refractivity contribution < 1.29 is 4.39 Å². The van der Waals surface area contributed by atoms with Gasteiger partial charge in [0.05, 0.1) is 0 Å². The Hall–Kier alpha value is -0.640. The first kappa shape index (κ1) is 13.8. The molecule has 4 heteroatoms. The molecule has 0 radical (unpaired) electrons. The average molecular weight is 271 g/mol. The molecule has 2 unspecified atom stereocenters. The predicted octanol–water partition coefficient (Wildman–Crippen LogP) is 3.05. The zero-order valence-electron chi connectivity index (χ0n) is 10.9. The Morgan fingerprint density at radius 2 is 2.28 bits per heavy atom. The fourth-order valence-corrected chi connectivity index (χ4v) is 2.59. The zero-order chi connectivity index (χ0) is 13.1. The van der Waals surface area contributed by atoms with Crippen molar-refractivity contribution in [2.24, 2.45) is 0 Å². The first-order chi connectivity index (χ1) is 8.56. The SMILES string of the molecule is CC1CC(NCc2cc(F)ccc2Cl)CCN1C. The number of hydrogen-bond donors (Lipinski definition) is 1. The molecule has 0 saturated carbocycles. The van der Waals surface area contributed by atoms with Gasteiger partial charge in [0.1, 0.15) is 5.82 Å². The number of likely N-dealkylation sites (tertiary alicyclic amines) is 1. The molecule has 0 spiro atoms. The van der Waals surface area contributed by atoms with Gasteiger partial charge in [0, 0.05) is 23.7 Å². The standard InChI is InChI=1S/C14H20ClFN2/c1-10-7-13(5-6-18(10)2)17-9-11-8-12(16)3-4-14(11)15/h3-4,8,10,13,17H,5-7,9H2,1-2H3. The van der Waals surface area contributed by atoms with Crippen molar-refractivity contribution >= 4 is 11.6 Å². The molecule has 0 amide bonds. The second kappa shape index (κ2) is 6.00. The van der Waals surface area contributed by atoms with Gasteiger partial charge in [-0.05, 0) is 57.1 Å². The maximum absolute atomic E-state index is 13.1. The first-order valence-electron chi connectivity index (χ1n) is 6.44. The topological polar surface area (TPSA) is 15.3 Å². The van der Waals surface area contributed by atoms with Crippen molar-refractivity contribution in [2.75, 3.05) is 13.6 Å². The average Bonchev–Trinajstić information content (AvgIpc) is 2.34. The van der Waals surface area contributed by atoms with Gasteiger partial charge in [0.15, 0.2) is 0 Å². The van der Waals surface area contributed by atoms with E-state index in [1.54, 1.807) is 6.07 Å². The van der Waals surface area contributed by atoms with E-state index in [-0.39, 0.29) is 5.82 Å². The molecular weight excluding hydrogens is 251 g/mol. The van der Waals surface area contributed by atoms with Crippen LogP contribution in [0.2, 0.25) is 5.02 Å². The normalized spacial score (nSPS) is 25.3. The minimum Gasteiger partial charge on any atom is -0.310 e. The number of benzene rings is 1. The van der Waals surface area contributed by atoms with E-state index in [1.807, 2.05) is 0 Å². The van der Waals surface area contributed by atoms with Crippen molar-refractivity contribution in [1.82, 2.24) is 10.2 Å². The summed E-state index contributed by atoms with van der Waals surface area (Å²) in [6.45, 7) is 3.98. The Kier molecular flexibility index (Phi) is 4.60. The Bertz CT molecular complexity index is 411. The summed E-state index contributed by atoms with van der Waals surface area (Å²) < 4.78 is 13.1. The monoisotopic (exact) mass is 270 g/mol. The van der Waals surface area contributed by atoms with E-state index in [0.717, 1.165) is 24.9 Å². The lowest BCUT2D eigenvalue weighted by Gasteiger charge is -2.35. The lowest BCUT2D eigenvalue weighted by atomic mass is 9.99. The van der Waals surface area contributed by atoms with Gasteiger partial charge in [-0.15, -0.1) is 0 Å². The number of halogens is 2. The molecule has 100 valence electrons. The van der Waals surface area contributed by atoms with Gasteiger partial charge in [-0.3, -0.25) is 0 Å². The second-order valence-electron chi connectivity index (χ2n) is 5.17. The van der Waals surface area contributed by atoms with Crippen LogP contribution < -0.4 is 5.32 Å². The highest BCUT2D eigenvalue weighted by Gasteiger charge is 2.22. The van der Waals surface area contributed by atoms with E-state index in [0.29, 0.717) is 23.7 Å². The van der Waals surface area contributed by atoms with E-state index in [2.05, 4.69) is 24.2 Å². The summed E-state index contributed by atoms with van der Waals surface area (Å²) >= 11 is 6.05. The molecule has 0 aromatic heterocycles. The van der Waals surface area contributed by atoms with Gasteiger partial charge in [-0.1, -0.05) is 11.6 Å². The fourth-order valence-electron chi connectivity index (χ4n) is 2.41. The number of nitrogens with one attached hydrogen (secondary N) is 1. The summed E-state index contributed by atoms with van der Waals surface area (Å²) in [4.78, 5) is 2.37. The molecule has 1 aliphatic heterocycles. The van der Waals surface area contributed by atoms with E-state index in [9.17, 15) is 4.39 Å². The number of piperidine rings is 1. The highest BCUT2D eigenvalue weighted by atomic mass is 35.5. The summed E-state index contributed by atoms with van der Waals surface area (Å²) in [5.74, 6) is -0.229. The lowest BCUT2D eigenvalue weighted by Crippen LogP contribution is -2.45. The molecule has 1 heterocycles. The van der Waals surface area contributed by atoms with Crippen LogP contribution >= 0.6 is 11.6 Å². The minimum atomic E-state index is -0.229. The molecule has 2 nitrogen and oxygen atoms in total. The maximum Gasteiger partial charge on any atom is 0.123 e. The van der Waals surface area contributed by atoms with Gasteiger partial charge in [0.25, 0.3) is 0 Å². The van der Waals surface area contributed by atoms with E-state index in [1.165, 1.54) is 12.1 Å². The molecule has 1 N–H and O–H groups in total. The zero-order valence-corrected chi connectivity index (χ0v) is 11.7. The van der Waals surface area contributed by atoms with Crippen LogP contribution in [-0.2, 0) is 6.54 Å². The molecule has 1 fully saturated rings. The molecule has 2 atom stereocenters. The van der Waals surface area contributed by atoms with Crippen LogP contribution in [-0.4, -0.2) is 30.6 Å². The number of nitrogens with zero attached hydrogens (tertiary/aromatic N) is 1. The smallest absolute Gasteiger partial charge is 0.123 e. The van der Waals surface area contributed by atoms with Crippen molar-refractivity contribution in [3.63, 3.8) is 0 Å². The van der Waals surface area contributed by atoms with Gasteiger partial charge < -0.3 is 10.2 Å². The Morgan fingerprint density at radius 3 is 3.00 bits per heavy atom. The van der Waals surface area contributed by atoms with Crippen molar-refractivity contribution in [3.05, 3.63) is 34.6 Å². The summed E-state index contributed by atoms with van der Waals surface area (Å²) in [5, 5.41) is 4.11. The quantitative estimate of drug-likeness (QED) is 0.908. The molecule has 18 heavy (non-hydrogen) atoms. The van der Waals surface area contributed by atoms with Crippen LogP contribution in [0.15, 0.2) is 18.2 Å². The van der Waals surface area contributed by atoms with Gasteiger partial charge >= 0.3 is 0 Å². The maximum atomic E-state index is 13.1. The van der Waals surface area contributed by atoms with Crippen LogP contribution in [0.25, 0.3) is 0 Å². The number of rotatable bonds is 3. The van der Waals surface area contributed by atoms with Crippen LogP contribution in [0.1, 0.15) is 25.3 Å². The Labute approximate surface area is 113 Å².